The number of aliphatic carboxylic acids is 1. The first-order valence-electron chi connectivity index (χ1n) is 12.0. The summed E-state index contributed by atoms with van der Waals surface area (Å²) in [7, 11) is 0. The van der Waals surface area contributed by atoms with Gasteiger partial charge in [0.05, 0.1) is 23.5 Å². The maximum absolute atomic E-state index is 12.8. The number of carboxylic acid groups (broad SMARTS) is 1. The minimum atomic E-state index is -5.08. The third-order valence-electron chi connectivity index (χ3n) is 6.57. The number of hydrazone groups is 1. The molecule has 1 aliphatic heterocycles. The molecule has 9 nitrogen and oxygen atoms in total. The van der Waals surface area contributed by atoms with E-state index in [0.717, 1.165) is 53.4 Å². The van der Waals surface area contributed by atoms with Crippen molar-refractivity contribution in [2.45, 2.75) is 44.3 Å². The molecular formula is C26H26F3N5O4. The van der Waals surface area contributed by atoms with Crippen LogP contribution in [-0.2, 0) is 9.59 Å². The quantitative estimate of drug-likeness (QED) is 0.340. The van der Waals surface area contributed by atoms with E-state index in [4.69, 9.17) is 15.6 Å². The lowest BCUT2D eigenvalue weighted by Gasteiger charge is -2.26. The minimum Gasteiger partial charge on any atom is -0.475 e. The molecule has 38 heavy (non-hydrogen) atoms. The normalized spacial score (nSPS) is 16.2. The topological polar surface area (TPSA) is 150 Å². The molecule has 0 spiro atoms. The standard InChI is InChI=1S/C24H25N5O2.C2HF3O2/c25-21(14-7-3-1-4-8-14)24(31)27-16-11-17-20-18(13-26-29-23(17)30)22(28-19(20)12-16)15-9-5-2-6-10-15;3-2(4,5)1(6)7/h2,5-6,9-14,21,28H,1,3-4,7-8,25H2,(H,27,31)(H,29,30);(H,6,7). The Morgan fingerprint density at radius 3 is 2.39 bits per heavy atom. The fraction of sp³-hybridized carbons (Fsp3) is 0.308. The van der Waals surface area contributed by atoms with E-state index in [1.54, 1.807) is 12.3 Å². The molecule has 2 amide bonds. The number of halogens is 3. The summed E-state index contributed by atoms with van der Waals surface area (Å²) in [5, 5.41) is 14.9. The second kappa shape index (κ2) is 11.1. The average molecular weight is 530 g/mol. The third-order valence-corrected chi connectivity index (χ3v) is 6.57. The molecule has 1 unspecified atom stereocenters. The molecular weight excluding hydrogens is 503 g/mol. The van der Waals surface area contributed by atoms with E-state index in [9.17, 15) is 22.8 Å². The molecule has 0 saturated heterocycles. The van der Waals surface area contributed by atoms with Crippen LogP contribution >= 0.6 is 0 Å². The molecule has 1 saturated carbocycles. The summed E-state index contributed by atoms with van der Waals surface area (Å²) in [5.74, 6) is -3.07. The Balaban J connectivity index is 0.000000426. The number of nitrogens with two attached hydrogens (primary N) is 1. The second-order valence-corrected chi connectivity index (χ2v) is 9.14. The first-order chi connectivity index (χ1) is 18.1. The summed E-state index contributed by atoms with van der Waals surface area (Å²) in [6.07, 6.45) is 2.00. The number of nitrogens with zero attached hydrogens (tertiary/aromatic N) is 1. The van der Waals surface area contributed by atoms with Crippen molar-refractivity contribution in [1.82, 2.24) is 10.4 Å². The Kier molecular flexibility index (Phi) is 7.81. The highest BCUT2D eigenvalue weighted by Crippen LogP contribution is 2.35. The number of hydrogen-bond donors (Lipinski definition) is 5. The van der Waals surface area contributed by atoms with E-state index >= 15 is 0 Å². The summed E-state index contributed by atoms with van der Waals surface area (Å²) in [6, 6.07) is 12.9. The van der Waals surface area contributed by atoms with E-state index in [-0.39, 0.29) is 17.7 Å². The van der Waals surface area contributed by atoms with Crippen LogP contribution < -0.4 is 16.5 Å². The molecule has 200 valence electrons. The molecule has 2 aromatic carbocycles. The van der Waals surface area contributed by atoms with Gasteiger partial charge >= 0.3 is 12.1 Å². The van der Waals surface area contributed by atoms with Crippen molar-refractivity contribution >= 4 is 40.6 Å². The Morgan fingerprint density at radius 2 is 1.76 bits per heavy atom. The van der Waals surface area contributed by atoms with Gasteiger partial charge in [0.2, 0.25) is 5.91 Å². The summed E-state index contributed by atoms with van der Waals surface area (Å²) in [4.78, 5) is 37.8. The first kappa shape index (κ1) is 26.9. The van der Waals surface area contributed by atoms with Crippen molar-refractivity contribution in [2.24, 2.45) is 16.8 Å². The largest absolute Gasteiger partial charge is 0.490 e. The van der Waals surface area contributed by atoms with Gasteiger partial charge < -0.3 is 21.1 Å². The van der Waals surface area contributed by atoms with E-state index in [1.807, 2.05) is 36.4 Å². The highest BCUT2D eigenvalue weighted by Gasteiger charge is 2.38. The van der Waals surface area contributed by atoms with E-state index in [1.165, 1.54) is 6.42 Å². The van der Waals surface area contributed by atoms with Gasteiger partial charge in [0.25, 0.3) is 5.91 Å². The van der Waals surface area contributed by atoms with E-state index in [2.05, 4.69) is 20.8 Å². The molecule has 0 bridgehead atoms. The van der Waals surface area contributed by atoms with Gasteiger partial charge in [-0.3, -0.25) is 9.59 Å². The SMILES string of the molecule is NC(C(=O)Nc1cc2c3c(c(-c4ccccc4)[nH]c3c1)C=NNC2=O)C1CCCCC1.O=C(O)C(F)(F)F. The lowest BCUT2D eigenvalue weighted by Crippen LogP contribution is -2.42. The van der Waals surface area contributed by atoms with Crippen LogP contribution in [0.1, 0.15) is 48.0 Å². The maximum Gasteiger partial charge on any atom is 0.490 e. The Hall–Kier alpha value is -4.19. The fourth-order valence-electron chi connectivity index (χ4n) is 4.72. The predicted molar refractivity (Wildman–Crippen MR) is 136 cm³/mol. The van der Waals surface area contributed by atoms with Crippen LogP contribution in [0.4, 0.5) is 18.9 Å². The number of carboxylic acids is 1. The number of carbonyl (C=O) groups excluding carboxylic acids is 2. The van der Waals surface area contributed by atoms with Gasteiger partial charge in [-0.25, -0.2) is 10.2 Å². The summed E-state index contributed by atoms with van der Waals surface area (Å²) < 4.78 is 31.7. The van der Waals surface area contributed by atoms with Gasteiger partial charge in [-0.1, -0.05) is 49.6 Å². The summed E-state index contributed by atoms with van der Waals surface area (Å²) >= 11 is 0. The summed E-state index contributed by atoms with van der Waals surface area (Å²) in [5.41, 5.74) is 13.3. The molecule has 2 aliphatic rings. The molecule has 3 aromatic rings. The van der Waals surface area contributed by atoms with Crippen LogP contribution in [0, 0.1) is 5.92 Å². The number of hydrogen-bond acceptors (Lipinski definition) is 5. The van der Waals surface area contributed by atoms with E-state index < -0.39 is 18.2 Å². The number of aromatic nitrogens is 1. The Bertz CT molecular complexity index is 1380. The highest BCUT2D eigenvalue weighted by molar-refractivity contribution is 6.18. The average Bonchev–Trinajstić information content (AvgIpc) is 3.17. The van der Waals surface area contributed by atoms with Crippen LogP contribution in [0.15, 0.2) is 47.6 Å². The van der Waals surface area contributed by atoms with Gasteiger partial charge in [-0.05, 0) is 36.5 Å². The Labute approximate surface area is 215 Å². The zero-order valence-electron chi connectivity index (χ0n) is 20.1. The number of rotatable bonds is 4. The number of alkyl halides is 3. The number of benzene rings is 2. The maximum atomic E-state index is 12.8. The number of aromatic amines is 1. The molecule has 2 heterocycles. The molecule has 12 heteroatoms. The van der Waals surface area contributed by atoms with Crippen LogP contribution in [-0.4, -0.2) is 46.3 Å². The Morgan fingerprint density at radius 1 is 1.11 bits per heavy atom. The van der Waals surface area contributed by atoms with Crippen molar-refractivity contribution in [3.05, 3.63) is 53.6 Å². The van der Waals surface area contributed by atoms with Crippen molar-refractivity contribution in [2.75, 3.05) is 5.32 Å². The van der Waals surface area contributed by atoms with Gasteiger partial charge in [0, 0.05) is 22.2 Å². The molecule has 1 atom stereocenters. The van der Waals surface area contributed by atoms with Crippen LogP contribution in [0.5, 0.6) is 0 Å². The minimum absolute atomic E-state index is 0.206. The molecule has 1 fully saturated rings. The molecule has 5 rings (SSSR count). The van der Waals surface area contributed by atoms with Crippen molar-refractivity contribution in [1.29, 1.82) is 0 Å². The smallest absolute Gasteiger partial charge is 0.475 e. The zero-order valence-corrected chi connectivity index (χ0v) is 20.1. The molecule has 1 aromatic heterocycles. The number of H-pyrrole nitrogens is 1. The molecule has 6 N–H and O–H groups in total. The highest BCUT2D eigenvalue weighted by atomic mass is 19.4. The molecule has 0 radical (unpaired) electrons. The van der Waals surface area contributed by atoms with Crippen molar-refractivity contribution < 1.29 is 32.7 Å². The van der Waals surface area contributed by atoms with Gasteiger partial charge in [0.15, 0.2) is 0 Å². The van der Waals surface area contributed by atoms with Crippen molar-refractivity contribution in [3.63, 3.8) is 0 Å². The van der Waals surface area contributed by atoms with Crippen LogP contribution in [0.3, 0.4) is 0 Å². The summed E-state index contributed by atoms with van der Waals surface area (Å²) in [6.45, 7) is 0. The van der Waals surface area contributed by atoms with E-state index in [0.29, 0.717) is 11.3 Å². The number of anilines is 1. The van der Waals surface area contributed by atoms with Crippen LogP contribution in [0.25, 0.3) is 22.2 Å². The van der Waals surface area contributed by atoms with Gasteiger partial charge in [0.1, 0.15) is 0 Å². The van der Waals surface area contributed by atoms with Crippen LogP contribution in [0.2, 0.25) is 0 Å². The number of nitrogens with one attached hydrogen (secondary N) is 3. The monoisotopic (exact) mass is 529 g/mol. The fourth-order valence-corrected chi connectivity index (χ4v) is 4.72. The number of amides is 2. The zero-order chi connectivity index (χ0) is 27.4. The lowest BCUT2D eigenvalue weighted by atomic mass is 9.84. The van der Waals surface area contributed by atoms with Crippen molar-refractivity contribution in [3.8, 4) is 11.3 Å². The first-order valence-corrected chi connectivity index (χ1v) is 12.0. The third kappa shape index (κ3) is 5.86. The second-order valence-electron chi connectivity index (χ2n) is 9.14. The molecule has 1 aliphatic carbocycles. The predicted octanol–water partition coefficient (Wildman–Crippen LogP) is 4.39. The van der Waals surface area contributed by atoms with Gasteiger partial charge in [-0.2, -0.15) is 18.3 Å². The van der Waals surface area contributed by atoms with Gasteiger partial charge in [-0.15, -0.1) is 0 Å². The lowest BCUT2D eigenvalue weighted by molar-refractivity contribution is -0.192. The number of carbonyl (C=O) groups is 3.